The number of nitrogens with zero attached hydrogens (tertiary/aromatic N) is 2. The molecule has 18 heavy (non-hydrogen) atoms. The minimum atomic E-state index is -0.321. The molecule has 1 N–H and O–H groups in total. The second-order valence-electron chi connectivity index (χ2n) is 4.01. The molecule has 1 amide bonds. The molecule has 0 aromatic carbocycles. The summed E-state index contributed by atoms with van der Waals surface area (Å²) < 4.78 is 1.41. The highest BCUT2D eigenvalue weighted by Crippen LogP contribution is 2.07. The summed E-state index contributed by atoms with van der Waals surface area (Å²) in [6.45, 7) is 1.87. The maximum absolute atomic E-state index is 11.9. The molecule has 0 saturated carbocycles. The molecule has 5 heteroatoms. The first-order valence-electron chi connectivity index (χ1n) is 5.47. The van der Waals surface area contributed by atoms with Crippen LogP contribution in [0.2, 0.25) is 0 Å². The average molecular weight is 243 g/mol. The lowest BCUT2D eigenvalue weighted by molar-refractivity contribution is 0.102. The highest BCUT2D eigenvalue weighted by molar-refractivity contribution is 6.04. The zero-order valence-corrected chi connectivity index (χ0v) is 10.2. The van der Waals surface area contributed by atoms with Crippen LogP contribution in [0.3, 0.4) is 0 Å². The molecule has 0 bridgehead atoms. The van der Waals surface area contributed by atoms with E-state index in [0.717, 1.165) is 5.69 Å². The van der Waals surface area contributed by atoms with Crippen LogP contribution < -0.4 is 10.9 Å². The molecule has 0 atom stereocenters. The minimum Gasteiger partial charge on any atom is -0.321 e. The van der Waals surface area contributed by atoms with Gasteiger partial charge in [0.1, 0.15) is 0 Å². The monoisotopic (exact) mass is 243 g/mol. The van der Waals surface area contributed by atoms with Crippen molar-refractivity contribution in [1.82, 2.24) is 9.55 Å². The number of aryl methyl sites for hydroxylation is 2. The number of carbonyl (C=O) groups is 1. The van der Waals surface area contributed by atoms with Gasteiger partial charge in [0.15, 0.2) is 0 Å². The van der Waals surface area contributed by atoms with Crippen LogP contribution in [0.1, 0.15) is 16.1 Å². The Morgan fingerprint density at radius 1 is 1.33 bits per heavy atom. The van der Waals surface area contributed by atoms with Gasteiger partial charge in [-0.3, -0.25) is 14.6 Å². The Balaban J connectivity index is 2.19. The standard InChI is InChI=1S/C13H13N3O2/c1-9-3-4-11(8-14-9)15-13(18)10-5-6-16(2)12(17)7-10/h3-8H,1-2H3,(H,15,18). The first kappa shape index (κ1) is 12.0. The predicted molar refractivity (Wildman–Crippen MR) is 68.6 cm³/mol. The maximum atomic E-state index is 11.9. The summed E-state index contributed by atoms with van der Waals surface area (Å²) in [6, 6.07) is 6.47. The largest absolute Gasteiger partial charge is 0.321 e. The van der Waals surface area contributed by atoms with Gasteiger partial charge in [0.2, 0.25) is 0 Å². The van der Waals surface area contributed by atoms with Gasteiger partial charge in [-0.25, -0.2) is 0 Å². The van der Waals surface area contributed by atoms with E-state index in [2.05, 4.69) is 10.3 Å². The van der Waals surface area contributed by atoms with Crippen LogP contribution >= 0.6 is 0 Å². The Hall–Kier alpha value is -2.43. The second-order valence-corrected chi connectivity index (χ2v) is 4.01. The van der Waals surface area contributed by atoms with Gasteiger partial charge >= 0.3 is 0 Å². The lowest BCUT2D eigenvalue weighted by Gasteiger charge is -2.05. The van der Waals surface area contributed by atoms with Gasteiger partial charge < -0.3 is 9.88 Å². The molecule has 0 fully saturated rings. The van der Waals surface area contributed by atoms with Gasteiger partial charge in [-0.15, -0.1) is 0 Å². The van der Waals surface area contributed by atoms with Crippen molar-refractivity contribution in [3.63, 3.8) is 0 Å². The zero-order valence-electron chi connectivity index (χ0n) is 10.2. The van der Waals surface area contributed by atoms with Gasteiger partial charge in [-0.1, -0.05) is 0 Å². The Kier molecular flexibility index (Phi) is 3.23. The lowest BCUT2D eigenvalue weighted by atomic mass is 10.2. The van der Waals surface area contributed by atoms with E-state index >= 15 is 0 Å². The van der Waals surface area contributed by atoms with Crippen LogP contribution in [0.15, 0.2) is 41.5 Å². The van der Waals surface area contributed by atoms with Crippen LogP contribution in [0.25, 0.3) is 0 Å². The van der Waals surface area contributed by atoms with E-state index in [1.54, 1.807) is 37.6 Å². The zero-order chi connectivity index (χ0) is 13.1. The number of pyridine rings is 2. The summed E-state index contributed by atoms with van der Waals surface area (Å²) in [4.78, 5) is 27.4. The normalized spacial score (nSPS) is 10.1. The van der Waals surface area contributed by atoms with E-state index < -0.39 is 0 Å². The summed E-state index contributed by atoms with van der Waals surface area (Å²) in [6.07, 6.45) is 3.14. The second kappa shape index (κ2) is 4.83. The third-order valence-electron chi connectivity index (χ3n) is 2.54. The number of anilines is 1. The highest BCUT2D eigenvalue weighted by atomic mass is 16.2. The predicted octanol–water partition coefficient (Wildman–Crippen LogP) is 1.34. The van der Waals surface area contributed by atoms with Gasteiger partial charge in [0.25, 0.3) is 11.5 Å². The maximum Gasteiger partial charge on any atom is 0.255 e. The number of rotatable bonds is 2. The van der Waals surface area contributed by atoms with E-state index in [9.17, 15) is 9.59 Å². The number of amides is 1. The van der Waals surface area contributed by atoms with Crippen molar-refractivity contribution < 1.29 is 4.79 Å². The van der Waals surface area contributed by atoms with Gasteiger partial charge in [-0.2, -0.15) is 0 Å². The summed E-state index contributed by atoms with van der Waals surface area (Å²) >= 11 is 0. The summed E-state index contributed by atoms with van der Waals surface area (Å²) in [7, 11) is 1.63. The molecule has 0 saturated heterocycles. The fourth-order valence-corrected chi connectivity index (χ4v) is 1.43. The Bertz CT molecular complexity index is 629. The molecular weight excluding hydrogens is 230 g/mol. The molecular formula is C13H13N3O2. The molecule has 0 spiro atoms. The van der Waals surface area contributed by atoms with Crippen LogP contribution in [0, 0.1) is 6.92 Å². The topological polar surface area (TPSA) is 64.0 Å². The smallest absolute Gasteiger partial charge is 0.255 e. The number of nitrogens with one attached hydrogen (secondary N) is 1. The molecule has 2 heterocycles. The minimum absolute atomic E-state index is 0.218. The molecule has 5 nitrogen and oxygen atoms in total. The van der Waals surface area contributed by atoms with E-state index in [1.807, 2.05) is 6.92 Å². The van der Waals surface area contributed by atoms with E-state index in [-0.39, 0.29) is 11.5 Å². The van der Waals surface area contributed by atoms with Gasteiger partial charge in [-0.05, 0) is 25.1 Å². The van der Waals surface area contributed by atoms with Crippen molar-refractivity contribution in [3.8, 4) is 0 Å². The van der Waals surface area contributed by atoms with Crippen LogP contribution in [0.4, 0.5) is 5.69 Å². The quantitative estimate of drug-likeness (QED) is 0.865. The third-order valence-corrected chi connectivity index (χ3v) is 2.54. The van der Waals surface area contributed by atoms with Crippen LogP contribution in [0.5, 0.6) is 0 Å². The fraction of sp³-hybridized carbons (Fsp3) is 0.154. The molecule has 92 valence electrons. The average Bonchev–Trinajstić information content (AvgIpc) is 2.35. The molecule has 2 rings (SSSR count). The summed E-state index contributed by atoms with van der Waals surface area (Å²) in [5.41, 5.74) is 1.59. The Morgan fingerprint density at radius 2 is 2.11 bits per heavy atom. The third kappa shape index (κ3) is 2.63. The number of hydrogen-bond acceptors (Lipinski definition) is 3. The molecule has 0 radical (unpaired) electrons. The molecule has 0 aliphatic rings. The van der Waals surface area contributed by atoms with E-state index in [0.29, 0.717) is 11.3 Å². The highest BCUT2D eigenvalue weighted by Gasteiger charge is 2.07. The van der Waals surface area contributed by atoms with Gasteiger partial charge in [0, 0.05) is 30.6 Å². The van der Waals surface area contributed by atoms with Crippen molar-refractivity contribution in [1.29, 1.82) is 0 Å². The molecule has 0 aliphatic carbocycles. The van der Waals surface area contributed by atoms with E-state index in [4.69, 9.17) is 0 Å². The Morgan fingerprint density at radius 3 is 2.72 bits per heavy atom. The summed E-state index contributed by atoms with van der Waals surface area (Å²) in [5.74, 6) is -0.321. The summed E-state index contributed by atoms with van der Waals surface area (Å²) in [5, 5.41) is 2.68. The van der Waals surface area contributed by atoms with Crippen LogP contribution in [-0.2, 0) is 7.05 Å². The van der Waals surface area contributed by atoms with Crippen molar-refractivity contribution in [2.24, 2.45) is 7.05 Å². The number of carbonyl (C=O) groups excluding carboxylic acids is 1. The molecule has 2 aromatic heterocycles. The first-order chi connectivity index (χ1) is 8.56. The SMILES string of the molecule is Cc1ccc(NC(=O)c2ccn(C)c(=O)c2)cn1. The van der Waals surface area contributed by atoms with Gasteiger partial charge in [0.05, 0.1) is 11.9 Å². The fourth-order valence-electron chi connectivity index (χ4n) is 1.43. The first-order valence-corrected chi connectivity index (χ1v) is 5.47. The molecule has 2 aromatic rings. The Labute approximate surface area is 104 Å². The van der Waals surface area contributed by atoms with Crippen molar-refractivity contribution in [2.75, 3.05) is 5.32 Å². The van der Waals surface area contributed by atoms with Crippen molar-refractivity contribution in [2.45, 2.75) is 6.92 Å². The number of hydrogen-bond donors (Lipinski definition) is 1. The molecule has 0 aliphatic heterocycles. The van der Waals surface area contributed by atoms with Crippen LogP contribution in [-0.4, -0.2) is 15.5 Å². The van der Waals surface area contributed by atoms with E-state index in [1.165, 1.54) is 10.6 Å². The van der Waals surface area contributed by atoms with Crippen molar-refractivity contribution >= 4 is 11.6 Å². The molecule has 0 unspecified atom stereocenters. The van der Waals surface area contributed by atoms with Crippen molar-refractivity contribution in [3.05, 3.63) is 58.3 Å². The number of aromatic nitrogens is 2. The lowest BCUT2D eigenvalue weighted by Crippen LogP contribution is -2.20.